The number of rotatable bonds is 19. The molecule has 8 atom stereocenters. The first-order chi connectivity index (χ1) is 25.0. The van der Waals surface area contributed by atoms with Gasteiger partial charge in [0.15, 0.2) is 0 Å². The highest BCUT2D eigenvalue weighted by atomic mass is 79.9. The molecule has 1 aromatic rings. The number of hydrogen-bond acceptors (Lipinski definition) is 7. The minimum atomic E-state index is -1.25. The third-order valence-corrected chi connectivity index (χ3v) is 12.1. The first kappa shape index (κ1) is 42.7. The summed E-state index contributed by atoms with van der Waals surface area (Å²) in [6, 6.07) is 7.86. The smallest absolute Gasteiger partial charge is 0.313 e. The molecular formula is C42H62BrN3O7. The number of allylic oxidation sites excluding steroid dienone is 1. The van der Waals surface area contributed by atoms with E-state index in [1.807, 2.05) is 42.2 Å². The molecule has 0 aromatic heterocycles. The number of carbonyl (C=O) groups is 4. The fourth-order valence-electron chi connectivity index (χ4n) is 9.10. The van der Waals surface area contributed by atoms with E-state index in [0.29, 0.717) is 45.2 Å². The van der Waals surface area contributed by atoms with Crippen LogP contribution in [-0.2, 0) is 28.7 Å². The van der Waals surface area contributed by atoms with E-state index in [-0.39, 0.29) is 41.0 Å². The second-order valence-electron chi connectivity index (χ2n) is 17.0. The number of likely N-dealkylation sites (N-methyl/N-ethyl adjacent to an activating group) is 1. The number of carbonyl (C=O) groups excluding carboxylic acids is 4. The van der Waals surface area contributed by atoms with Crippen LogP contribution in [-0.4, -0.2) is 104 Å². The summed E-state index contributed by atoms with van der Waals surface area (Å²) in [5.74, 6) is -3.06. The third-order valence-electron chi connectivity index (χ3n) is 11.2. The molecule has 3 amide bonds. The predicted molar refractivity (Wildman–Crippen MR) is 210 cm³/mol. The number of amides is 3. The molecule has 53 heavy (non-hydrogen) atoms. The molecule has 294 valence electrons. The Labute approximate surface area is 325 Å². The van der Waals surface area contributed by atoms with E-state index in [0.717, 1.165) is 18.4 Å². The number of ether oxygens (including phenoxy) is 2. The van der Waals surface area contributed by atoms with Crippen molar-refractivity contribution in [2.75, 3.05) is 26.7 Å². The Morgan fingerprint density at radius 2 is 1.75 bits per heavy atom. The van der Waals surface area contributed by atoms with Gasteiger partial charge in [0.2, 0.25) is 17.7 Å². The van der Waals surface area contributed by atoms with Gasteiger partial charge in [-0.3, -0.25) is 19.2 Å². The molecule has 10 nitrogen and oxygen atoms in total. The van der Waals surface area contributed by atoms with Crippen LogP contribution in [0, 0.1) is 17.3 Å². The average molecular weight is 801 g/mol. The van der Waals surface area contributed by atoms with Crippen molar-refractivity contribution in [1.82, 2.24) is 14.7 Å². The van der Waals surface area contributed by atoms with Crippen LogP contribution in [0.2, 0.25) is 0 Å². The first-order valence-electron chi connectivity index (χ1n) is 19.2. The van der Waals surface area contributed by atoms with Crippen LogP contribution in [0.25, 0.3) is 0 Å². The van der Waals surface area contributed by atoms with Crippen molar-refractivity contribution >= 4 is 39.6 Å². The number of nitrogens with zero attached hydrogens (tertiary/aromatic N) is 3. The van der Waals surface area contributed by atoms with Crippen molar-refractivity contribution in [2.24, 2.45) is 17.3 Å². The zero-order valence-corrected chi connectivity index (χ0v) is 34.5. The van der Waals surface area contributed by atoms with E-state index in [1.165, 1.54) is 0 Å². The number of hydrogen-bond donors (Lipinski definition) is 1. The zero-order valence-electron chi connectivity index (χ0n) is 32.9. The molecule has 0 aliphatic carbocycles. The van der Waals surface area contributed by atoms with Crippen LogP contribution in [0.3, 0.4) is 0 Å². The lowest BCUT2D eigenvalue weighted by atomic mass is 9.70. The van der Waals surface area contributed by atoms with E-state index in [9.17, 15) is 19.5 Å². The molecule has 3 fully saturated rings. The Morgan fingerprint density at radius 3 is 2.36 bits per heavy atom. The van der Waals surface area contributed by atoms with Gasteiger partial charge in [-0.15, -0.1) is 13.2 Å². The molecule has 3 aliphatic heterocycles. The summed E-state index contributed by atoms with van der Waals surface area (Å²) in [5, 5.41) is 9.34. The summed E-state index contributed by atoms with van der Waals surface area (Å²) >= 11 is 3.80. The number of unbranched alkanes of at least 4 members (excludes halogenated alkanes) is 3. The molecule has 3 heterocycles. The van der Waals surface area contributed by atoms with Gasteiger partial charge in [0.25, 0.3) is 0 Å². The maximum Gasteiger partial charge on any atom is 0.313 e. The molecule has 3 aliphatic rings. The van der Waals surface area contributed by atoms with Crippen molar-refractivity contribution in [3.63, 3.8) is 0 Å². The van der Waals surface area contributed by atoms with Gasteiger partial charge in [0.1, 0.15) is 17.7 Å². The van der Waals surface area contributed by atoms with E-state index in [4.69, 9.17) is 9.47 Å². The summed E-state index contributed by atoms with van der Waals surface area (Å²) in [4.78, 5) is 62.5. The van der Waals surface area contributed by atoms with Gasteiger partial charge in [-0.05, 0) is 63.9 Å². The Balaban J connectivity index is 1.74. The van der Waals surface area contributed by atoms with Gasteiger partial charge in [-0.2, -0.15) is 0 Å². The molecule has 3 saturated heterocycles. The fraction of sp³-hybridized carbons (Fsp3) is 0.667. The van der Waals surface area contributed by atoms with Crippen LogP contribution in [0.1, 0.15) is 105 Å². The van der Waals surface area contributed by atoms with Gasteiger partial charge in [0, 0.05) is 43.5 Å². The number of likely N-dealkylation sites (tertiary alicyclic amines) is 1. The molecule has 11 heteroatoms. The standard InChI is InChI=1S/C42H62BrN3O7/c1-10-12-22-31(48)44(9)28(3)34(29-20-16-15-17-21-29)52-39(51)32-33-37(49)45(24-18-13-14-19-25-47)36(42(33)26-30(43)35(32)53-42)38(50)46(23-11-2)41(7,8)27-40(4,5)6/h10-11,15-17,20-21,28,30,32-36,47H,1-2,12-14,18-19,22-27H2,3-9H3/t28-,30?,32-,33+,34+,35-,36-,42+/m1/s1. The quantitative estimate of drug-likeness (QED) is 0.0725. The van der Waals surface area contributed by atoms with Crippen LogP contribution < -0.4 is 0 Å². The van der Waals surface area contributed by atoms with Crippen molar-refractivity contribution in [3.05, 3.63) is 61.2 Å². The van der Waals surface area contributed by atoms with Gasteiger partial charge >= 0.3 is 5.97 Å². The molecule has 4 rings (SSSR count). The van der Waals surface area contributed by atoms with Gasteiger partial charge < -0.3 is 29.3 Å². The summed E-state index contributed by atoms with van der Waals surface area (Å²) in [7, 11) is 1.70. The third kappa shape index (κ3) is 9.10. The summed E-state index contributed by atoms with van der Waals surface area (Å²) in [6.07, 6.45) is 6.70. The Kier molecular flexibility index (Phi) is 14.2. The lowest BCUT2D eigenvalue weighted by Crippen LogP contribution is -2.61. The second-order valence-corrected chi connectivity index (χ2v) is 18.1. The lowest BCUT2D eigenvalue weighted by Gasteiger charge is -2.45. The normalized spacial score (nSPS) is 26.2. The maximum atomic E-state index is 15.1. The summed E-state index contributed by atoms with van der Waals surface area (Å²) < 4.78 is 13.2. The first-order valence-corrected chi connectivity index (χ1v) is 20.1. The zero-order chi connectivity index (χ0) is 39.3. The average Bonchev–Trinajstić information content (AvgIpc) is 3.69. The van der Waals surface area contributed by atoms with Crippen LogP contribution in [0.15, 0.2) is 55.6 Å². The van der Waals surface area contributed by atoms with Crippen LogP contribution >= 0.6 is 15.9 Å². The van der Waals surface area contributed by atoms with E-state index in [1.54, 1.807) is 29.0 Å². The number of alkyl halides is 1. The fourth-order valence-corrected chi connectivity index (χ4v) is 10.0. The van der Waals surface area contributed by atoms with Crippen molar-refractivity contribution in [2.45, 2.75) is 133 Å². The lowest BCUT2D eigenvalue weighted by molar-refractivity contribution is -0.164. The van der Waals surface area contributed by atoms with Crippen molar-refractivity contribution in [3.8, 4) is 0 Å². The van der Waals surface area contributed by atoms with Crippen LogP contribution in [0.4, 0.5) is 0 Å². The summed E-state index contributed by atoms with van der Waals surface area (Å²) in [5.41, 5.74) is -1.19. The largest absolute Gasteiger partial charge is 0.455 e. The van der Waals surface area contributed by atoms with Gasteiger partial charge in [0.05, 0.1) is 24.0 Å². The molecular weight excluding hydrogens is 738 g/mol. The number of benzene rings is 1. The number of halogens is 1. The minimum absolute atomic E-state index is 0.0865. The molecule has 1 aromatic carbocycles. The Morgan fingerprint density at radius 1 is 1.09 bits per heavy atom. The van der Waals surface area contributed by atoms with Gasteiger partial charge in [-0.1, -0.05) is 92.0 Å². The van der Waals surface area contributed by atoms with Gasteiger partial charge in [-0.25, -0.2) is 0 Å². The number of aliphatic hydroxyl groups is 1. The molecule has 1 spiro atoms. The topological polar surface area (TPSA) is 117 Å². The van der Waals surface area contributed by atoms with E-state index >= 15 is 4.79 Å². The van der Waals surface area contributed by atoms with Crippen molar-refractivity contribution < 1.29 is 33.8 Å². The molecule has 2 bridgehead atoms. The summed E-state index contributed by atoms with van der Waals surface area (Å²) in [6.45, 7) is 20.8. The number of esters is 1. The number of aliphatic hydroxyl groups excluding tert-OH is 1. The molecule has 1 unspecified atom stereocenters. The van der Waals surface area contributed by atoms with E-state index in [2.05, 4.69) is 63.7 Å². The predicted octanol–water partition coefficient (Wildman–Crippen LogP) is 6.61. The second kappa shape index (κ2) is 17.6. The highest BCUT2D eigenvalue weighted by Crippen LogP contribution is 2.61. The molecule has 0 radical (unpaired) electrons. The molecule has 0 saturated carbocycles. The highest BCUT2D eigenvalue weighted by Gasteiger charge is 2.77. The highest BCUT2D eigenvalue weighted by molar-refractivity contribution is 9.09. The minimum Gasteiger partial charge on any atom is -0.455 e. The molecule has 1 N–H and O–H groups in total. The van der Waals surface area contributed by atoms with Crippen molar-refractivity contribution in [1.29, 1.82) is 0 Å². The number of fused-ring (bicyclic) bond motifs is 1. The monoisotopic (exact) mass is 799 g/mol. The van der Waals surface area contributed by atoms with Crippen LogP contribution in [0.5, 0.6) is 0 Å². The maximum absolute atomic E-state index is 15.1. The van der Waals surface area contributed by atoms with E-state index < -0.39 is 53.2 Å². The Bertz CT molecular complexity index is 1480. The SMILES string of the molecule is C=CCCC(=O)N(C)[C@H](C)[C@H](OC(=O)[C@H]1[C@@H]2O[C@@]3(CC2Br)[C@@H]1C(=O)N(CCCCCCO)[C@@H]3C(=O)N(CC=C)C(C)(C)CC(C)(C)C)c1ccccc1. The Hall–Kier alpha value is -3.02.